The summed E-state index contributed by atoms with van der Waals surface area (Å²) in [6, 6.07) is 15.2. The number of carbonyl (C=O) groups is 1. The molecule has 0 amide bonds. The summed E-state index contributed by atoms with van der Waals surface area (Å²) in [7, 11) is 1.60. The van der Waals surface area contributed by atoms with Crippen LogP contribution in [0.5, 0.6) is 11.5 Å². The minimum absolute atomic E-state index is 0.0965. The lowest BCUT2D eigenvalue weighted by Gasteiger charge is -2.06. The summed E-state index contributed by atoms with van der Waals surface area (Å²) in [5.74, 6) is 1.12. The largest absolute Gasteiger partial charge is 0.496 e. The van der Waals surface area contributed by atoms with Crippen molar-refractivity contribution in [1.29, 1.82) is 0 Å². The molecular weight excluding hydrogens is 318 g/mol. The predicted molar refractivity (Wildman–Crippen MR) is 95.8 cm³/mol. The Bertz CT molecular complexity index is 825. The number of aryl methyl sites for hydroxylation is 1. The maximum absolute atomic E-state index is 12.1. The van der Waals surface area contributed by atoms with Gasteiger partial charge in [-0.25, -0.2) is 9.79 Å². The molecule has 1 heterocycles. The first kappa shape index (κ1) is 16.8. The van der Waals surface area contributed by atoms with Gasteiger partial charge in [0.15, 0.2) is 12.3 Å². The Morgan fingerprint density at radius 2 is 1.96 bits per heavy atom. The van der Waals surface area contributed by atoms with E-state index in [1.165, 1.54) is 0 Å². The van der Waals surface area contributed by atoms with Gasteiger partial charge in [-0.2, -0.15) is 0 Å². The number of methoxy groups -OCH3 is 1. The van der Waals surface area contributed by atoms with Crippen molar-refractivity contribution >= 4 is 17.9 Å². The van der Waals surface area contributed by atoms with Gasteiger partial charge in [-0.1, -0.05) is 31.2 Å². The fourth-order valence-corrected chi connectivity index (χ4v) is 2.44. The van der Waals surface area contributed by atoms with Crippen molar-refractivity contribution in [3.63, 3.8) is 0 Å². The Morgan fingerprint density at radius 3 is 2.68 bits per heavy atom. The molecule has 0 spiro atoms. The fourth-order valence-electron chi connectivity index (χ4n) is 2.44. The zero-order chi connectivity index (χ0) is 17.6. The minimum atomic E-state index is -0.490. The molecule has 1 aliphatic heterocycles. The Kier molecular flexibility index (Phi) is 5.14. The van der Waals surface area contributed by atoms with Crippen molar-refractivity contribution in [2.75, 3.05) is 13.7 Å². The number of rotatable bonds is 6. The number of para-hydroxylation sites is 1. The normalized spacial score (nSPS) is 15.0. The summed E-state index contributed by atoms with van der Waals surface area (Å²) in [5, 5.41) is 0. The molecule has 5 heteroatoms. The zero-order valence-corrected chi connectivity index (χ0v) is 14.2. The first-order valence-electron chi connectivity index (χ1n) is 8.06. The Morgan fingerprint density at radius 1 is 1.16 bits per heavy atom. The number of aliphatic imine (C=N–C) groups is 1. The highest BCUT2D eigenvalue weighted by molar-refractivity contribution is 6.07. The number of hydrogen-bond donors (Lipinski definition) is 0. The van der Waals surface area contributed by atoms with E-state index in [1.54, 1.807) is 13.2 Å². The van der Waals surface area contributed by atoms with Gasteiger partial charge in [-0.3, -0.25) is 0 Å². The van der Waals surface area contributed by atoms with Gasteiger partial charge in [0.25, 0.3) is 0 Å². The first-order chi connectivity index (χ1) is 12.2. The van der Waals surface area contributed by atoms with Crippen molar-refractivity contribution < 1.29 is 19.0 Å². The van der Waals surface area contributed by atoms with Crippen LogP contribution in [0.4, 0.5) is 0 Å². The van der Waals surface area contributed by atoms with E-state index in [4.69, 9.17) is 14.2 Å². The smallest absolute Gasteiger partial charge is 0.363 e. The molecule has 0 saturated carbocycles. The number of hydrogen-bond acceptors (Lipinski definition) is 5. The molecule has 1 aliphatic rings. The number of esters is 1. The topological polar surface area (TPSA) is 57.1 Å². The highest BCUT2D eigenvalue weighted by atomic mass is 16.6. The number of carbonyl (C=O) groups excluding carboxylic acids is 1. The fraction of sp³-hybridized carbons (Fsp3) is 0.200. The summed E-state index contributed by atoms with van der Waals surface area (Å²) in [6.07, 6.45) is 2.57. The minimum Gasteiger partial charge on any atom is -0.496 e. The number of benzene rings is 2. The molecule has 0 radical (unpaired) electrons. The van der Waals surface area contributed by atoms with E-state index in [9.17, 15) is 4.79 Å². The van der Waals surface area contributed by atoms with Gasteiger partial charge in [0.05, 0.1) is 7.11 Å². The summed E-state index contributed by atoms with van der Waals surface area (Å²) in [6.45, 7) is 2.17. The van der Waals surface area contributed by atoms with Gasteiger partial charge in [0.2, 0.25) is 5.90 Å². The van der Waals surface area contributed by atoms with Crippen LogP contribution >= 0.6 is 0 Å². The quantitative estimate of drug-likeness (QED) is 0.596. The van der Waals surface area contributed by atoms with E-state index >= 15 is 0 Å². The highest BCUT2D eigenvalue weighted by Crippen LogP contribution is 2.25. The van der Waals surface area contributed by atoms with Crippen LogP contribution in [0.2, 0.25) is 0 Å². The highest BCUT2D eigenvalue weighted by Gasteiger charge is 2.23. The molecule has 25 heavy (non-hydrogen) atoms. The molecular formula is C20H19NO4. The molecule has 0 bridgehead atoms. The Balaban J connectivity index is 1.79. The molecule has 0 fully saturated rings. The van der Waals surface area contributed by atoms with E-state index in [0.717, 1.165) is 17.5 Å². The lowest BCUT2D eigenvalue weighted by atomic mass is 10.1. The monoisotopic (exact) mass is 337 g/mol. The number of cyclic esters (lactones) is 1. The maximum atomic E-state index is 12.1. The standard InChI is InChI=1S/C20H19NO4/c1-3-14-9-10-18(23-2)15(11-14)12-17-20(22)25-19(21-17)13-24-16-7-5-4-6-8-16/h4-12H,3,13H2,1-2H3/b17-12+. The van der Waals surface area contributed by atoms with E-state index in [1.807, 2.05) is 48.5 Å². The molecule has 2 aromatic carbocycles. The van der Waals surface area contributed by atoms with Gasteiger partial charge in [-0.05, 0) is 42.3 Å². The van der Waals surface area contributed by atoms with Crippen LogP contribution in [-0.2, 0) is 16.0 Å². The lowest BCUT2D eigenvalue weighted by Crippen LogP contribution is -2.13. The average Bonchev–Trinajstić information content (AvgIpc) is 3.00. The van der Waals surface area contributed by atoms with Gasteiger partial charge in [-0.15, -0.1) is 0 Å². The molecule has 0 aliphatic carbocycles. The molecule has 128 valence electrons. The van der Waals surface area contributed by atoms with E-state index < -0.39 is 5.97 Å². The second-order valence-corrected chi connectivity index (χ2v) is 5.46. The zero-order valence-electron chi connectivity index (χ0n) is 14.2. The third-order valence-corrected chi connectivity index (χ3v) is 3.76. The summed E-state index contributed by atoms with van der Waals surface area (Å²) in [5.41, 5.74) is 2.18. The maximum Gasteiger partial charge on any atom is 0.363 e. The van der Waals surface area contributed by atoms with Crippen LogP contribution in [0, 0.1) is 0 Å². The van der Waals surface area contributed by atoms with E-state index in [-0.39, 0.29) is 18.2 Å². The van der Waals surface area contributed by atoms with Gasteiger partial charge in [0, 0.05) is 5.56 Å². The molecule has 0 unspecified atom stereocenters. The predicted octanol–water partition coefficient (Wildman–Crippen LogP) is 3.63. The van der Waals surface area contributed by atoms with E-state index in [0.29, 0.717) is 11.5 Å². The third-order valence-electron chi connectivity index (χ3n) is 3.76. The van der Waals surface area contributed by atoms with Crippen LogP contribution in [0.15, 0.2) is 59.2 Å². The summed E-state index contributed by atoms with van der Waals surface area (Å²) < 4.78 is 16.1. The molecule has 2 aromatic rings. The average molecular weight is 337 g/mol. The van der Waals surface area contributed by atoms with Gasteiger partial charge in [0.1, 0.15) is 11.5 Å². The van der Waals surface area contributed by atoms with Crippen molar-refractivity contribution in [1.82, 2.24) is 0 Å². The van der Waals surface area contributed by atoms with Crippen LogP contribution in [-0.4, -0.2) is 25.6 Å². The first-order valence-corrected chi connectivity index (χ1v) is 8.06. The van der Waals surface area contributed by atoms with Gasteiger partial charge >= 0.3 is 5.97 Å². The van der Waals surface area contributed by atoms with Gasteiger partial charge < -0.3 is 14.2 Å². The van der Waals surface area contributed by atoms with Crippen LogP contribution in [0.25, 0.3) is 6.08 Å². The second kappa shape index (κ2) is 7.66. The Hall–Kier alpha value is -3.08. The SMILES string of the molecule is CCc1ccc(OC)c(/C=C2/N=C(COc3ccccc3)OC2=O)c1. The summed E-state index contributed by atoms with van der Waals surface area (Å²) in [4.78, 5) is 16.3. The van der Waals surface area contributed by atoms with Crippen molar-refractivity contribution in [3.8, 4) is 11.5 Å². The number of ether oxygens (including phenoxy) is 3. The van der Waals surface area contributed by atoms with E-state index in [2.05, 4.69) is 11.9 Å². The van der Waals surface area contributed by atoms with Crippen molar-refractivity contribution in [3.05, 3.63) is 65.4 Å². The van der Waals surface area contributed by atoms with Crippen LogP contribution in [0.1, 0.15) is 18.1 Å². The van der Waals surface area contributed by atoms with Crippen LogP contribution in [0.3, 0.4) is 0 Å². The van der Waals surface area contributed by atoms with Crippen molar-refractivity contribution in [2.24, 2.45) is 4.99 Å². The molecule has 3 rings (SSSR count). The van der Waals surface area contributed by atoms with Crippen molar-refractivity contribution in [2.45, 2.75) is 13.3 Å². The number of nitrogens with zero attached hydrogens (tertiary/aromatic N) is 1. The second-order valence-electron chi connectivity index (χ2n) is 5.46. The molecule has 0 N–H and O–H groups in total. The Labute approximate surface area is 146 Å². The molecule has 0 saturated heterocycles. The molecule has 0 atom stereocenters. The lowest BCUT2D eigenvalue weighted by molar-refractivity contribution is -0.130. The van der Waals surface area contributed by atoms with Crippen LogP contribution < -0.4 is 9.47 Å². The third kappa shape index (κ3) is 4.07. The summed E-state index contributed by atoms with van der Waals surface area (Å²) >= 11 is 0. The molecule has 5 nitrogen and oxygen atoms in total. The molecule has 0 aromatic heterocycles.